The predicted molar refractivity (Wildman–Crippen MR) is 85.9 cm³/mol. The minimum Gasteiger partial charge on any atom is -0.399 e. The van der Waals surface area contributed by atoms with Crippen molar-refractivity contribution in [3.63, 3.8) is 0 Å². The number of fused-ring (bicyclic) bond motifs is 1. The van der Waals surface area contributed by atoms with Gasteiger partial charge in [0.2, 0.25) is 10.0 Å². The van der Waals surface area contributed by atoms with Gasteiger partial charge in [0.15, 0.2) is 0 Å². The maximum Gasteiger partial charge on any atom is 0.243 e. The van der Waals surface area contributed by atoms with Crippen LogP contribution in [0.2, 0.25) is 0 Å². The SMILES string of the molecule is Cc1cc(N)ccc1S(=O)(=O)N1CCc2sccc2C1C. The lowest BCUT2D eigenvalue weighted by atomic mass is 10.0. The van der Waals surface area contributed by atoms with E-state index in [-0.39, 0.29) is 6.04 Å². The third kappa shape index (κ3) is 2.37. The summed E-state index contributed by atoms with van der Waals surface area (Å²) in [6, 6.07) is 6.86. The first kappa shape index (κ1) is 14.6. The zero-order valence-corrected chi connectivity index (χ0v) is 13.7. The number of nitrogen functional groups attached to an aromatic ring is 1. The fourth-order valence-corrected chi connectivity index (χ4v) is 5.69. The number of nitrogens with zero attached hydrogens (tertiary/aromatic N) is 1. The van der Waals surface area contributed by atoms with Crippen molar-refractivity contribution in [1.29, 1.82) is 0 Å². The molecule has 0 aliphatic carbocycles. The third-order valence-electron chi connectivity index (χ3n) is 4.01. The lowest BCUT2D eigenvalue weighted by molar-refractivity contribution is 0.329. The largest absolute Gasteiger partial charge is 0.399 e. The normalized spacial score (nSPS) is 19.4. The second-order valence-corrected chi connectivity index (χ2v) is 8.23. The number of sulfonamides is 1. The van der Waals surface area contributed by atoms with Gasteiger partial charge in [-0.3, -0.25) is 0 Å². The van der Waals surface area contributed by atoms with Crippen LogP contribution in [0.25, 0.3) is 0 Å². The molecule has 3 rings (SSSR count). The van der Waals surface area contributed by atoms with E-state index >= 15 is 0 Å². The van der Waals surface area contributed by atoms with Crippen molar-refractivity contribution < 1.29 is 8.42 Å². The van der Waals surface area contributed by atoms with E-state index in [0.717, 1.165) is 12.0 Å². The lowest BCUT2D eigenvalue weighted by Crippen LogP contribution is -2.38. The second-order valence-electron chi connectivity index (χ2n) is 5.37. The van der Waals surface area contributed by atoms with Gasteiger partial charge in [-0.15, -0.1) is 11.3 Å². The molecule has 0 fully saturated rings. The summed E-state index contributed by atoms with van der Waals surface area (Å²) in [4.78, 5) is 1.64. The van der Waals surface area contributed by atoms with Gasteiger partial charge in [0.1, 0.15) is 0 Å². The average molecular weight is 322 g/mol. The number of hydrogen-bond acceptors (Lipinski definition) is 4. The van der Waals surface area contributed by atoms with E-state index in [1.165, 1.54) is 4.88 Å². The summed E-state index contributed by atoms with van der Waals surface area (Å²) < 4.78 is 27.5. The van der Waals surface area contributed by atoms with Crippen LogP contribution in [-0.2, 0) is 16.4 Å². The van der Waals surface area contributed by atoms with E-state index in [0.29, 0.717) is 22.7 Å². The highest BCUT2D eigenvalue weighted by molar-refractivity contribution is 7.89. The van der Waals surface area contributed by atoms with Crippen molar-refractivity contribution in [2.24, 2.45) is 0 Å². The molecule has 1 aliphatic heterocycles. The second kappa shape index (κ2) is 5.12. The van der Waals surface area contributed by atoms with Crippen LogP contribution in [0.5, 0.6) is 0 Å². The first-order chi connectivity index (χ1) is 9.91. The quantitative estimate of drug-likeness (QED) is 0.865. The molecule has 1 unspecified atom stereocenters. The summed E-state index contributed by atoms with van der Waals surface area (Å²) in [7, 11) is -3.50. The van der Waals surface area contributed by atoms with Gasteiger partial charge in [0.05, 0.1) is 4.90 Å². The molecule has 0 spiro atoms. The van der Waals surface area contributed by atoms with Crippen LogP contribution in [0.15, 0.2) is 34.5 Å². The number of anilines is 1. The van der Waals surface area contributed by atoms with Gasteiger partial charge in [-0.05, 0) is 61.0 Å². The Morgan fingerprint density at radius 3 is 2.81 bits per heavy atom. The number of thiophene rings is 1. The maximum atomic E-state index is 12.9. The molecular formula is C15H18N2O2S2. The monoisotopic (exact) mass is 322 g/mol. The van der Waals surface area contributed by atoms with E-state index in [2.05, 4.69) is 0 Å². The van der Waals surface area contributed by atoms with E-state index in [9.17, 15) is 8.42 Å². The summed E-state index contributed by atoms with van der Waals surface area (Å²) in [6.45, 7) is 4.27. The molecule has 0 saturated heterocycles. The highest BCUT2D eigenvalue weighted by atomic mass is 32.2. The highest BCUT2D eigenvalue weighted by Crippen LogP contribution is 2.36. The molecule has 1 aromatic heterocycles. The first-order valence-corrected chi connectivity index (χ1v) is 9.17. The fraction of sp³-hybridized carbons (Fsp3) is 0.333. The van der Waals surface area contributed by atoms with Crippen LogP contribution in [0.1, 0.15) is 29.0 Å². The van der Waals surface area contributed by atoms with Gasteiger partial charge < -0.3 is 5.73 Å². The van der Waals surface area contributed by atoms with Gasteiger partial charge in [-0.25, -0.2) is 8.42 Å². The van der Waals surface area contributed by atoms with Crippen LogP contribution in [0, 0.1) is 6.92 Å². The van der Waals surface area contributed by atoms with E-state index in [4.69, 9.17) is 5.73 Å². The van der Waals surface area contributed by atoms with Crippen molar-refractivity contribution in [1.82, 2.24) is 4.31 Å². The number of hydrogen-bond donors (Lipinski definition) is 1. The minimum atomic E-state index is -3.50. The number of nitrogens with two attached hydrogens (primary N) is 1. The van der Waals surface area contributed by atoms with Gasteiger partial charge in [0.25, 0.3) is 0 Å². The summed E-state index contributed by atoms with van der Waals surface area (Å²) in [5, 5.41) is 2.03. The maximum absolute atomic E-state index is 12.9. The molecule has 1 aliphatic rings. The molecule has 0 saturated carbocycles. The van der Waals surface area contributed by atoms with Gasteiger partial charge >= 0.3 is 0 Å². The zero-order valence-electron chi connectivity index (χ0n) is 12.0. The van der Waals surface area contributed by atoms with Gasteiger partial charge in [-0.2, -0.15) is 4.31 Å². The van der Waals surface area contributed by atoms with Crippen LogP contribution in [0.3, 0.4) is 0 Å². The first-order valence-electron chi connectivity index (χ1n) is 6.85. The Bertz CT molecular complexity index is 781. The molecule has 1 aromatic carbocycles. The molecular weight excluding hydrogens is 304 g/mol. The topological polar surface area (TPSA) is 63.4 Å². The molecule has 21 heavy (non-hydrogen) atoms. The standard InChI is InChI=1S/C15H18N2O2S2/c1-10-9-12(16)3-4-15(10)21(18,19)17-7-5-14-13(11(17)2)6-8-20-14/h3-4,6,8-9,11H,5,7,16H2,1-2H3. The fourth-order valence-electron chi connectivity index (χ4n) is 2.90. The Hall–Kier alpha value is -1.37. The van der Waals surface area contributed by atoms with Crippen molar-refractivity contribution >= 4 is 27.0 Å². The molecule has 6 heteroatoms. The third-order valence-corrected chi connectivity index (χ3v) is 7.13. The number of rotatable bonds is 2. The molecule has 2 N–H and O–H groups in total. The molecule has 2 heterocycles. The van der Waals surface area contributed by atoms with Crippen LogP contribution < -0.4 is 5.73 Å². The molecule has 4 nitrogen and oxygen atoms in total. The van der Waals surface area contributed by atoms with Crippen molar-refractivity contribution in [2.75, 3.05) is 12.3 Å². The lowest BCUT2D eigenvalue weighted by Gasteiger charge is -2.33. The van der Waals surface area contributed by atoms with Gasteiger partial charge in [-0.1, -0.05) is 0 Å². The predicted octanol–water partition coefficient (Wildman–Crippen LogP) is 2.95. The van der Waals surface area contributed by atoms with E-state index in [1.54, 1.807) is 40.8 Å². The smallest absolute Gasteiger partial charge is 0.243 e. The Morgan fingerprint density at radius 1 is 1.33 bits per heavy atom. The summed E-state index contributed by atoms with van der Waals surface area (Å²) in [6.07, 6.45) is 0.782. The molecule has 0 amide bonds. The Balaban J connectivity index is 2.03. The molecule has 2 aromatic rings. The van der Waals surface area contributed by atoms with Crippen LogP contribution in [-0.4, -0.2) is 19.3 Å². The summed E-state index contributed by atoms with van der Waals surface area (Å²) >= 11 is 1.70. The van der Waals surface area contributed by atoms with Crippen molar-refractivity contribution in [3.8, 4) is 0 Å². The number of benzene rings is 1. The highest BCUT2D eigenvalue weighted by Gasteiger charge is 2.35. The Morgan fingerprint density at radius 2 is 2.10 bits per heavy atom. The van der Waals surface area contributed by atoms with Gasteiger partial charge in [0, 0.05) is 23.2 Å². The Kier molecular flexibility index (Phi) is 3.55. The molecule has 1 atom stereocenters. The average Bonchev–Trinajstić information content (AvgIpc) is 2.87. The van der Waals surface area contributed by atoms with Crippen molar-refractivity contribution in [3.05, 3.63) is 45.6 Å². The van der Waals surface area contributed by atoms with E-state index < -0.39 is 10.0 Å². The van der Waals surface area contributed by atoms with Crippen LogP contribution >= 0.6 is 11.3 Å². The molecule has 0 radical (unpaired) electrons. The van der Waals surface area contributed by atoms with Crippen molar-refractivity contribution in [2.45, 2.75) is 31.2 Å². The van der Waals surface area contributed by atoms with E-state index in [1.807, 2.05) is 18.4 Å². The Labute approximate surface area is 129 Å². The summed E-state index contributed by atoms with van der Waals surface area (Å²) in [5.41, 5.74) is 8.12. The van der Waals surface area contributed by atoms with Crippen LogP contribution in [0.4, 0.5) is 5.69 Å². The molecule has 112 valence electrons. The number of aryl methyl sites for hydroxylation is 1. The summed E-state index contributed by atoms with van der Waals surface area (Å²) in [5.74, 6) is 0. The molecule has 0 bridgehead atoms. The zero-order chi connectivity index (χ0) is 15.2. The minimum absolute atomic E-state index is 0.123.